The molecule has 0 atom stereocenters. The van der Waals surface area contributed by atoms with E-state index in [4.69, 9.17) is 0 Å². The summed E-state index contributed by atoms with van der Waals surface area (Å²) in [6.45, 7) is 0. The molecule has 4 aromatic rings. The number of aromatic nitrogens is 2. The first-order chi connectivity index (χ1) is 14.6. The van der Waals surface area contributed by atoms with Gasteiger partial charge in [-0.25, -0.2) is 4.98 Å². The smallest absolute Gasteiger partial charge is 0.258 e. The molecular formula is C24H22N4OS. The number of nitrogens with zero attached hydrogens (tertiary/aromatic N) is 3. The second-order valence-electron chi connectivity index (χ2n) is 7.03. The molecule has 5 nitrogen and oxygen atoms in total. The Morgan fingerprint density at radius 2 is 1.73 bits per heavy atom. The molecule has 2 aromatic heterocycles. The number of anilines is 2. The highest BCUT2D eigenvalue weighted by Gasteiger charge is 2.14. The highest BCUT2D eigenvalue weighted by atomic mass is 32.2. The number of hydrogen-bond acceptors (Lipinski definition) is 5. The van der Waals surface area contributed by atoms with Gasteiger partial charge in [0.1, 0.15) is 5.03 Å². The van der Waals surface area contributed by atoms with Crippen LogP contribution in [0.4, 0.5) is 11.4 Å². The van der Waals surface area contributed by atoms with E-state index in [1.54, 1.807) is 24.0 Å². The second-order valence-corrected chi connectivity index (χ2v) is 7.99. The maximum Gasteiger partial charge on any atom is 0.258 e. The molecule has 2 aromatic carbocycles. The predicted molar refractivity (Wildman–Crippen MR) is 124 cm³/mol. The van der Waals surface area contributed by atoms with Crippen LogP contribution in [-0.2, 0) is 5.75 Å². The van der Waals surface area contributed by atoms with Crippen molar-refractivity contribution in [3.8, 4) is 0 Å². The molecule has 4 rings (SSSR count). The van der Waals surface area contributed by atoms with Gasteiger partial charge in [-0.15, -0.1) is 11.8 Å². The molecule has 0 radical (unpaired) electrons. The van der Waals surface area contributed by atoms with Crippen LogP contribution in [0, 0.1) is 0 Å². The van der Waals surface area contributed by atoms with Crippen LogP contribution in [0.2, 0.25) is 0 Å². The second kappa shape index (κ2) is 8.97. The van der Waals surface area contributed by atoms with Gasteiger partial charge in [-0.2, -0.15) is 0 Å². The van der Waals surface area contributed by atoms with Gasteiger partial charge in [-0.1, -0.05) is 18.2 Å². The van der Waals surface area contributed by atoms with Gasteiger partial charge in [-0.3, -0.25) is 9.78 Å². The lowest BCUT2D eigenvalue weighted by Gasteiger charge is -2.13. The molecule has 150 valence electrons. The van der Waals surface area contributed by atoms with Crippen molar-refractivity contribution in [1.29, 1.82) is 0 Å². The SMILES string of the molecule is CN(C)c1ccc(NC(=O)c2cccnc2SCc2ccnc3ccccc23)cc1. The molecule has 30 heavy (non-hydrogen) atoms. The van der Waals surface area contributed by atoms with E-state index in [-0.39, 0.29) is 5.91 Å². The highest BCUT2D eigenvalue weighted by molar-refractivity contribution is 7.98. The molecule has 0 aliphatic heterocycles. The first-order valence-corrected chi connectivity index (χ1v) is 10.6. The number of carbonyl (C=O) groups excluding carboxylic acids is 1. The van der Waals surface area contributed by atoms with Crippen LogP contribution in [-0.4, -0.2) is 30.0 Å². The third kappa shape index (κ3) is 4.44. The number of thioether (sulfide) groups is 1. The summed E-state index contributed by atoms with van der Waals surface area (Å²) in [5, 5.41) is 4.80. The Balaban J connectivity index is 1.51. The van der Waals surface area contributed by atoms with Crippen molar-refractivity contribution in [2.45, 2.75) is 10.8 Å². The fourth-order valence-corrected chi connectivity index (χ4v) is 4.14. The summed E-state index contributed by atoms with van der Waals surface area (Å²) in [6.07, 6.45) is 3.54. The van der Waals surface area contributed by atoms with Crippen molar-refractivity contribution in [3.63, 3.8) is 0 Å². The maximum absolute atomic E-state index is 12.9. The molecule has 0 saturated heterocycles. The number of hydrogen-bond donors (Lipinski definition) is 1. The van der Waals surface area contributed by atoms with E-state index >= 15 is 0 Å². The molecule has 6 heteroatoms. The van der Waals surface area contributed by atoms with Crippen molar-refractivity contribution >= 4 is 39.9 Å². The van der Waals surface area contributed by atoms with Crippen molar-refractivity contribution in [2.75, 3.05) is 24.3 Å². The van der Waals surface area contributed by atoms with Gasteiger partial charge >= 0.3 is 0 Å². The summed E-state index contributed by atoms with van der Waals surface area (Å²) in [5.41, 5.74) is 4.54. The van der Waals surface area contributed by atoms with E-state index in [2.05, 4.69) is 21.4 Å². The quantitative estimate of drug-likeness (QED) is 0.437. The Morgan fingerprint density at radius 1 is 0.933 bits per heavy atom. The minimum atomic E-state index is -0.164. The van der Waals surface area contributed by atoms with E-state index in [1.165, 1.54) is 5.56 Å². The average Bonchev–Trinajstić information content (AvgIpc) is 2.78. The number of pyridine rings is 2. The van der Waals surface area contributed by atoms with Gasteiger partial charge in [0, 0.05) is 49.0 Å². The Bertz CT molecular complexity index is 1170. The fourth-order valence-electron chi connectivity index (χ4n) is 3.15. The van der Waals surface area contributed by atoms with E-state index in [1.807, 2.05) is 79.8 Å². The van der Waals surface area contributed by atoms with Crippen LogP contribution >= 0.6 is 11.8 Å². The third-order valence-electron chi connectivity index (χ3n) is 4.76. The summed E-state index contributed by atoms with van der Waals surface area (Å²) in [6, 6.07) is 21.4. The van der Waals surface area contributed by atoms with Crippen molar-refractivity contribution in [2.24, 2.45) is 0 Å². The maximum atomic E-state index is 12.9. The molecule has 1 amide bonds. The zero-order chi connectivity index (χ0) is 20.9. The lowest BCUT2D eigenvalue weighted by atomic mass is 10.1. The van der Waals surface area contributed by atoms with Gasteiger partial charge < -0.3 is 10.2 Å². The van der Waals surface area contributed by atoms with Crippen LogP contribution in [0.1, 0.15) is 15.9 Å². The summed E-state index contributed by atoms with van der Waals surface area (Å²) < 4.78 is 0. The molecule has 1 N–H and O–H groups in total. The van der Waals surface area contributed by atoms with E-state index in [9.17, 15) is 4.79 Å². The first kappa shape index (κ1) is 19.9. The lowest BCUT2D eigenvalue weighted by Crippen LogP contribution is -2.14. The molecule has 0 saturated carbocycles. The molecule has 0 aliphatic rings. The molecule has 2 heterocycles. The number of fused-ring (bicyclic) bond motifs is 1. The van der Waals surface area contributed by atoms with E-state index < -0.39 is 0 Å². The Kier molecular flexibility index (Phi) is 5.95. The number of rotatable bonds is 6. The van der Waals surface area contributed by atoms with Gasteiger partial charge in [-0.05, 0) is 54.1 Å². The molecule has 0 bridgehead atoms. The van der Waals surface area contributed by atoms with Crippen LogP contribution < -0.4 is 10.2 Å². The third-order valence-corrected chi connectivity index (χ3v) is 5.82. The van der Waals surface area contributed by atoms with Crippen molar-refractivity contribution in [3.05, 3.63) is 90.3 Å². The number of para-hydroxylation sites is 1. The summed E-state index contributed by atoms with van der Waals surface area (Å²) in [7, 11) is 3.97. The highest BCUT2D eigenvalue weighted by Crippen LogP contribution is 2.28. The monoisotopic (exact) mass is 414 g/mol. The minimum absolute atomic E-state index is 0.164. The number of nitrogens with one attached hydrogen (secondary N) is 1. The normalized spacial score (nSPS) is 10.7. The number of amides is 1. The largest absolute Gasteiger partial charge is 0.378 e. The summed E-state index contributed by atoms with van der Waals surface area (Å²) >= 11 is 1.55. The van der Waals surface area contributed by atoms with Gasteiger partial charge in [0.25, 0.3) is 5.91 Å². The number of benzene rings is 2. The zero-order valence-corrected chi connectivity index (χ0v) is 17.7. The molecule has 0 spiro atoms. The number of carbonyl (C=O) groups is 1. The average molecular weight is 415 g/mol. The Labute approximate surface area is 180 Å². The summed E-state index contributed by atoms with van der Waals surface area (Å²) in [5.74, 6) is 0.542. The predicted octanol–water partition coefficient (Wildman–Crippen LogP) is 5.24. The molecule has 0 unspecified atom stereocenters. The van der Waals surface area contributed by atoms with Gasteiger partial charge in [0.2, 0.25) is 0 Å². The standard InChI is InChI=1S/C24H22N4OS/c1-28(2)19-11-9-18(10-12-19)27-23(29)21-7-5-14-26-24(21)30-16-17-13-15-25-22-8-4-3-6-20(17)22/h3-15H,16H2,1-2H3,(H,27,29). The molecule has 0 aliphatic carbocycles. The molecule has 0 fully saturated rings. The Morgan fingerprint density at radius 3 is 2.53 bits per heavy atom. The zero-order valence-electron chi connectivity index (χ0n) is 16.9. The van der Waals surface area contributed by atoms with Gasteiger partial charge in [0.15, 0.2) is 0 Å². The molecular weight excluding hydrogens is 392 g/mol. The van der Waals surface area contributed by atoms with Crippen molar-refractivity contribution in [1.82, 2.24) is 9.97 Å². The van der Waals surface area contributed by atoms with E-state index in [0.717, 1.165) is 22.3 Å². The van der Waals surface area contributed by atoms with Crippen LogP contribution in [0.3, 0.4) is 0 Å². The van der Waals surface area contributed by atoms with Gasteiger partial charge in [0.05, 0.1) is 11.1 Å². The Hall–Kier alpha value is -3.38. The minimum Gasteiger partial charge on any atom is -0.378 e. The lowest BCUT2D eigenvalue weighted by molar-refractivity contribution is 0.102. The van der Waals surface area contributed by atoms with Crippen LogP contribution in [0.5, 0.6) is 0 Å². The first-order valence-electron chi connectivity index (χ1n) is 9.61. The summed E-state index contributed by atoms with van der Waals surface area (Å²) in [4.78, 5) is 23.8. The van der Waals surface area contributed by atoms with E-state index in [0.29, 0.717) is 16.3 Å². The topological polar surface area (TPSA) is 58.1 Å². The van der Waals surface area contributed by atoms with Crippen LogP contribution in [0.15, 0.2) is 84.1 Å². The van der Waals surface area contributed by atoms with Crippen LogP contribution in [0.25, 0.3) is 10.9 Å². The fraction of sp³-hybridized carbons (Fsp3) is 0.125. The van der Waals surface area contributed by atoms with Crippen molar-refractivity contribution < 1.29 is 4.79 Å².